The Morgan fingerprint density at radius 3 is 2.33 bits per heavy atom. The minimum atomic E-state index is -1.02. The van der Waals surface area contributed by atoms with Crippen molar-refractivity contribution < 1.29 is 9.90 Å². The Morgan fingerprint density at radius 1 is 1.11 bits per heavy atom. The molecule has 0 aromatic heterocycles. The van der Waals surface area contributed by atoms with Gasteiger partial charge in [0.15, 0.2) is 0 Å². The molecule has 2 aromatic rings. The lowest BCUT2D eigenvalue weighted by molar-refractivity contribution is 0.0697. The Bertz CT molecular complexity index is 569. The lowest BCUT2D eigenvalue weighted by Crippen LogP contribution is -2.09. The van der Waals surface area contributed by atoms with E-state index in [0.29, 0.717) is 0 Å². The van der Waals surface area contributed by atoms with Crippen LogP contribution >= 0.6 is 11.6 Å². The number of rotatable bonds is 3. The Labute approximate surface area is 110 Å². The van der Waals surface area contributed by atoms with E-state index < -0.39 is 5.97 Å². The molecule has 0 radical (unpaired) electrons. The number of carbonyl (C=O) groups is 1. The number of aromatic carboxylic acids is 1. The molecule has 18 heavy (non-hydrogen) atoms. The van der Waals surface area contributed by atoms with Crippen LogP contribution in [0.25, 0.3) is 0 Å². The molecular weight excluding hydrogens is 250 g/mol. The quantitative estimate of drug-likeness (QED) is 0.913. The highest BCUT2D eigenvalue weighted by molar-refractivity contribution is 6.33. The minimum absolute atomic E-state index is 0.113. The molecule has 0 aliphatic heterocycles. The summed E-state index contributed by atoms with van der Waals surface area (Å²) in [7, 11) is 1.90. The zero-order valence-corrected chi connectivity index (χ0v) is 10.6. The van der Waals surface area contributed by atoms with Crippen molar-refractivity contribution in [2.45, 2.75) is 0 Å². The maximum absolute atomic E-state index is 10.9. The Morgan fingerprint density at radius 2 is 1.78 bits per heavy atom. The van der Waals surface area contributed by atoms with Crippen molar-refractivity contribution in [2.75, 3.05) is 11.9 Å². The van der Waals surface area contributed by atoms with Crippen LogP contribution in [0.3, 0.4) is 0 Å². The van der Waals surface area contributed by atoms with Gasteiger partial charge in [-0.05, 0) is 30.3 Å². The summed E-state index contributed by atoms with van der Waals surface area (Å²) in [6, 6.07) is 14.7. The van der Waals surface area contributed by atoms with Gasteiger partial charge in [-0.15, -0.1) is 0 Å². The molecule has 2 aromatic carbocycles. The predicted octanol–water partition coefficient (Wildman–Crippen LogP) is 3.81. The molecule has 3 nitrogen and oxygen atoms in total. The summed E-state index contributed by atoms with van der Waals surface area (Å²) in [4.78, 5) is 12.8. The third-order valence-electron chi connectivity index (χ3n) is 2.71. The van der Waals surface area contributed by atoms with E-state index in [1.54, 1.807) is 12.1 Å². The van der Waals surface area contributed by atoms with E-state index >= 15 is 0 Å². The summed E-state index contributed by atoms with van der Waals surface area (Å²) in [6.45, 7) is 0. The third kappa shape index (κ3) is 2.46. The molecule has 92 valence electrons. The monoisotopic (exact) mass is 261 g/mol. The van der Waals surface area contributed by atoms with Gasteiger partial charge >= 0.3 is 5.97 Å². The molecule has 0 aliphatic rings. The number of hydrogen-bond acceptors (Lipinski definition) is 2. The van der Waals surface area contributed by atoms with Crippen LogP contribution in [-0.2, 0) is 0 Å². The van der Waals surface area contributed by atoms with Crippen molar-refractivity contribution >= 4 is 28.9 Å². The lowest BCUT2D eigenvalue weighted by Gasteiger charge is -2.19. The topological polar surface area (TPSA) is 40.5 Å². The molecular formula is C14H12ClNO2. The SMILES string of the molecule is CN(c1ccccc1)c1ccc(C(=O)O)c(Cl)c1. The van der Waals surface area contributed by atoms with Gasteiger partial charge in [0.2, 0.25) is 0 Å². The molecule has 0 amide bonds. The van der Waals surface area contributed by atoms with E-state index in [9.17, 15) is 4.79 Å². The average Bonchev–Trinajstić information content (AvgIpc) is 2.38. The third-order valence-corrected chi connectivity index (χ3v) is 3.03. The number of carboxylic acids is 1. The number of carboxylic acid groups (broad SMARTS) is 1. The van der Waals surface area contributed by atoms with E-state index in [-0.39, 0.29) is 10.6 Å². The van der Waals surface area contributed by atoms with E-state index in [0.717, 1.165) is 11.4 Å². The molecule has 0 atom stereocenters. The van der Waals surface area contributed by atoms with Gasteiger partial charge in [-0.25, -0.2) is 4.79 Å². The fourth-order valence-corrected chi connectivity index (χ4v) is 1.94. The van der Waals surface area contributed by atoms with Gasteiger partial charge in [0, 0.05) is 18.4 Å². The molecule has 0 fully saturated rings. The zero-order chi connectivity index (χ0) is 13.1. The van der Waals surface area contributed by atoms with Crippen molar-refractivity contribution in [3.8, 4) is 0 Å². The molecule has 0 heterocycles. The van der Waals surface area contributed by atoms with Crippen LogP contribution in [-0.4, -0.2) is 18.1 Å². The number of halogens is 1. The second-order valence-corrected chi connectivity index (χ2v) is 4.27. The van der Waals surface area contributed by atoms with Crippen LogP contribution in [0.1, 0.15) is 10.4 Å². The van der Waals surface area contributed by atoms with Crippen LogP contribution in [0, 0.1) is 0 Å². The zero-order valence-electron chi connectivity index (χ0n) is 9.80. The smallest absolute Gasteiger partial charge is 0.337 e. The normalized spacial score (nSPS) is 10.1. The molecule has 0 saturated carbocycles. The van der Waals surface area contributed by atoms with Gasteiger partial charge in [-0.2, -0.15) is 0 Å². The molecule has 0 saturated heterocycles. The molecule has 4 heteroatoms. The number of para-hydroxylation sites is 1. The van der Waals surface area contributed by atoms with E-state index in [4.69, 9.17) is 16.7 Å². The average molecular weight is 262 g/mol. The van der Waals surface area contributed by atoms with Crippen molar-refractivity contribution in [2.24, 2.45) is 0 Å². The molecule has 1 N–H and O–H groups in total. The highest BCUT2D eigenvalue weighted by Crippen LogP contribution is 2.27. The second-order valence-electron chi connectivity index (χ2n) is 3.86. The van der Waals surface area contributed by atoms with Crippen LogP contribution in [0.5, 0.6) is 0 Å². The summed E-state index contributed by atoms with van der Waals surface area (Å²) in [5, 5.41) is 9.15. The first kappa shape index (κ1) is 12.5. The van der Waals surface area contributed by atoms with Crippen molar-refractivity contribution in [3.63, 3.8) is 0 Å². The van der Waals surface area contributed by atoms with E-state index in [2.05, 4.69) is 0 Å². The fraction of sp³-hybridized carbons (Fsp3) is 0.0714. The number of hydrogen-bond donors (Lipinski definition) is 1. The van der Waals surface area contributed by atoms with Gasteiger partial charge in [-0.1, -0.05) is 29.8 Å². The fourth-order valence-electron chi connectivity index (χ4n) is 1.69. The Balaban J connectivity index is 2.35. The number of benzene rings is 2. The van der Waals surface area contributed by atoms with Gasteiger partial charge in [-0.3, -0.25) is 0 Å². The van der Waals surface area contributed by atoms with Gasteiger partial charge in [0.25, 0.3) is 0 Å². The number of anilines is 2. The van der Waals surface area contributed by atoms with Crippen LogP contribution in [0.4, 0.5) is 11.4 Å². The largest absolute Gasteiger partial charge is 0.478 e. The number of nitrogens with zero attached hydrogens (tertiary/aromatic N) is 1. The van der Waals surface area contributed by atoms with E-state index in [1.165, 1.54) is 6.07 Å². The summed E-state index contributed by atoms with van der Waals surface area (Å²) in [5.41, 5.74) is 1.97. The summed E-state index contributed by atoms with van der Waals surface area (Å²) in [5.74, 6) is -1.02. The van der Waals surface area contributed by atoms with Gasteiger partial charge in [0.1, 0.15) is 0 Å². The molecule has 2 rings (SSSR count). The lowest BCUT2D eigenvalue weighted by atomic mass is 10.2. The first-order valence-electron chi connectivity index (χ1n) is 5.41. The van der Waals surface area contributed by atoms with Gasteiger partial charge in [0.05, 0.1) is 10.6 Å². The highest BCUT2D eigenvalue weighted by atomic mass is 35.5. The van der Waals surface area contributed by atoms with Gasteiger partial charge < -0.3 is 10.0 Å². The standard InChI is InChI=1S/C14H12ClNO2/c1-16(10-5-3-2-4-6-10)11-7-8-12(14(17)18)13(15)9-11/h2-9H,1H3,(H,17,18). The highest BCUT2D eigenvalue weighted by Gasteiger charge is 2.11. The molecule has 0 spiro atoms. The van der Waals surface area contributed by atoms with Crippen LogP contribution in [0.2, 0.25) is 5.02 Å². The minimum Gasteiger partial charge on any atom is -0.478 e. The van der Waals surface area contributed by atoms with Crippen molar-refractivity contribution in [3.05, 3.63) is 59.1 Å². The summed E-state index contributed by atoms with van der Waals surface area (Å²) in [6.07, 6.45) is 0. The summed E-state index contributed by atoms with van der Waals surface area (Å²) < 4.78 is 0. The molecule has 0 aliphatic carbocycles. The Hall–Kier alpha value is -2.00. The van der Waals surface area contributed by atoms with Crippen LogP contribution in [0.15, 0.2) is 48.5 Å². The predicted molar refractivity (Wildman–Crippen MR) is 72.9 cm³/mol. The second kappa shape index (κ2) is 5.10. The van der Waals surface area contributed by atoms with Crippen molar-refractivity contribution in [1.82, 2.24) is 0 Å². The summed E-state index contributed by atoms with van der Waals surface area (Å²) >= 11 is 5.95. The Kier molecular flexibility index (Phi) is 3.53. The molecule has 0 bridgehead atoms. The first-order valence-corrected chi connectivity index (χ1v) is 5.79. The molecule has 0 unspecified atom stereocenters. The maximum Gasteiger partial charge on any atom is 0.337 e. The van der Waals surface area contributed by atoms with E-state index in [1.807, 2.05) is 42.3 Å². The first-order chi connectivity index (χ1) is 8.59. The van der Waals surface area contributed by atoms with Crippen molar-refractivity contribution in [1.29, 1.82) is 0 Å². The van der Waals surface area contributed by atoms with Crippen LogP contribution < -0.4 is 4.90 Å². The maximum atomic E-state index is 10.9.